The van der Waals surface area contributed by atoms with Crippen LogP contribution in [-0.2, 0) is 7.05 Å². The second-order valence-corrected chi connectivity index (χ2v) is 3.92. The minimum Gasteiger partial charge on any atom is -0.350 e. The SMILES string of the molecule is Cn1cc(C(=O)c2ccccc2)cc1/C=C/C#N. The molecular formula is C15H12N2O. The van der Waals surface area contributed by atoms with E-state index in [9.17, 15) is 4.79 Å². The lowest BCUT2D eigenvalue weighted by molar-refractivity contribution is 0.103. The fourth-order valence-electron chi connectivity index (χ4n) is 1.75. The van der Waals surface area contributed by atoms with Crippen molar-refractivity contribution in [3.05, 3.63) is 65.5 Å². The highest BCUT2D eigenvalue weighted by atomic mass is 16.1. The Hall–Kier alpha value is -2.60. The van der Waals surface area contributed by atoms with Gasteiger partial charge >= 0.3 is 0 Å². The number of carbonyl (C=O) groups is 1. The van der Waals surface area contributed by atoms with Gasteiger partial charge < -0.3 is 4.57 Å². The zero-order valence-electron chi connectivity index (χ0n) is 10.00. The summed E-state index contributed by atoms with van der Waals surface area (Å²) >= 11 is 0. The Morgan fingerprint density at radius 2 is 2.00 bits per heavy atom. The largest absolute Gasteiger partial charge is 0.350 e. The number of ketones is 1. The molecule has 2 aromatic rings. The first-order valence-corrected chi connectivity index (χ1v) is 5.54. The third kappa shape index (κ3) is 2.38. The summed E-state index contributed by atoms with van der Waals surface area (Å²) in [5.41, 5.74) is 2.12. The van der Waals surface area contributed by atoms with Crippen LogP contribution in [-0.4, -0.2) is 10.4 Å². The van der Waals surface area contributed by atoms with Crippen molar-refractivity contribution in [3.63, 3.8) is 0 Å². The third-order valence-electron chi connectivity index (χ3n) is 2.67. The highest BCUT2D eigenvalue weighted by molar-refractivity contribution is 6.09. The van der Waals surface area contributed by atoms with Gasteiger partial charge in [-0.25, -0.2) is 0 Å². The summed E-state index contributed by atoms with van der Waals surface area (Å²) in [4.78, 5) is 12.2. The molecule has 0 unspecified atom stereocenters. The molecule has 0 fully saturated rings. The van der Waals surface area contributed by atoms with Crippen LogP contribution in [0.5, 0.6) is 0 Å². The molecule has 0 saturated carbocycles. The number of nitrogens with zero attached hydrogens (tertiary/aromatic N) is 2. The Balaban J connectivity index is 2.33. The molecule has 0 saturated heterocycles. The summed E-state index contributed by atoms with van der Waals surface area (Å²) in [6.07, 6.45) is 4.85. The highest BCUT2D eigenvalue weighted by Gasteiger charge is 2.11. The maximum absolute atomic E-state index is 12.2. The number of carbonyl (C=O) groups excluding carboxylic acids is 1. The first-order valence-electron chi connectivity index (χ1n) is 5.54. The van der Waals surface area contributed by atoms with E-state index in [1.54, 1.807) is 30.5 Å². The van der Waals surface area contributed by atoms with Gasteiger partial charge in [0, 0.05) is 36.1 Å². The quantitative estimate of drug-likeness (QED) is 0.607. The van der Waals surface area contributed by atoms with Gasteiger partial charge in [-0.05, 0) is 12.1 Å². The first kappa shape index (κ1) is 11.9. The van der Waals surface area contributed by atoms with Gasteiger partial charge in [-0.2, -0.15) is 5.26 Å². The minimum atomic E-state index is -0.0113. The van der Waals surface area contributed by atoms with Crippen molar-refractivity contribution in [2.24, 2.45) is 7.05 Å². The number of aryl methyl sites for hydroxylation is 1. The fraction of sp³-hybridized carbons (Fsp3) is 0.0667. The summed E-state index contributed by atoms with van der Waals surface area (Å²) in [7, 11) is 1.85. The van der Waals surface area contributed by atoms with Crippen LogP contribution in [0.3, 0.4) is 0 Å². The number of allylic oxidation sites excluding steroid dienone is 1. The summed E-state index contributed by atoms with van der Waals surface area (Å²) in [5.74, 6) is -0.0113. The molecule has 1 heterocycles. The van der Waals surface area contributed by atoms with Gasteiger partial charge in [0.2, 0.25) is 0 Å². The molecule has 3 heteroatoms. The van der Waals surface area contributed by atoms with E-state index in [1.165, 1.54) is 6.08 Å². The van der Waals surface area contributed by atoms with Crippen molar-refractivity contribution < 1.29 is 4.79 Å². The summed E-state index contributed by atoms with van der Waals surface area (Å²) in [6.45, 7) is 0. The van der Waals surface area contributed by atoms with Crippen molar-refractivity contribution in [3.8, 4) is 6.07 Å². The number of hydrogen-bond acceptors (Lipinski definition) is 2. The van der Waals surface area contributed by atoms with E-state index in [2.05, 4.69) is 0 Å². The van der Waals surface area contributed by atoms with Gasteiger partial charge in [-0.3, -0.25) is 4.79 Å². The van der Waals surface area contributed by atoms with Crippen LogP contribution in [0.2, 0.25) is 0 Å². The van der Waals surface area contributed by atoms with Crippen LogP contribution >= 0.6 is 0 Å². The molecule has 0 amide bonds. The predicted molar refractivity (Wildman–Crippen MR) is 69.9 cm³/mol. The maximum Gasteiger partial charge on any atom is 0.194 e. The van der Waals surface area contributed by atoms with Crippen LogP contribution in [0.4, 0.5) is 0 Å². The maximum atomic E-state index is 12.2. The minimum absolute atomic E-state index is 0.0113. The predicted octanol–water partition coefficient (Wildman–Crippen LogP) is 2.79. The number of hydrogen-bond donors (Lipinski definition) is 0. The first-order chi connectivity index (χ1) is 8.72. The van der Waals surface area contributed by atoms with E-state index < -0.39 is 0 Å². The molecule has 0 bridgehead atoms. The second-order valence-electron chi connectivity index (χ2n) is 3.92. The van der Waals surface area contributed by atoms with Gasteiger partial charge in [-0.15, -0.1) is 0 Å². The molecule has 0 atom stereocenters. The lowest BCUT2D eigenvalue weighted by atomic mass is 10.1. The third-order valence-corrected chi connectivity index (χ3v) is 2.67. The molecule has 0 radical (unpaired) electrons. The monoisotopic (exact) mass is 236 g/mol. The standard InChI is InChI=1S/C15H12N2O/c1-17-11-13(10-14(17)8-5-9-16)15(18)12-6-3-2-4-7-12/h2-8,10-11H,1H3/b8-5+. The molecule has 18 heavy (non-hydrogen) atoms. The van der Waals surface area contributed by atoms with Crippen LogP contribution in [0.1, 0.15) is 21.6 Å². The van der Waals surface area contributed by atoms with Crippen LogP contribution in [0.15, 0.2) is 48.7 Å². The van der Waals surface area contributed by atoms with Crippen molar-refractivity contribution in [2.75, 3.05) is 0 Å². The highest BCUT2D eigenvalue weighted by Crippen LogP contribution is 2.14. The average molecular weight is 236 g/mol. The number of aromatic nitrogens is 1. The molecule has 1 aromatic carbocycles. The molecule has 0 N–H and O–H groups in total. The molecule has 88 valence electrons. The van der Waals surface area contributed by atoms with Crippen molar-refractivity contribution in [1.29, 1.82) is 5.26 Å². The molecule has 0 aliphatic carbocycles. The zero-order chi connectivity index (χ0) is 13.0. The Labute approximate surface area is 106 Å². The van der Waals surface area contributed by atoms with Crippen LogP contribution in [0, 0.1) is 11.3 Å². The van der Waals surface area contributed by atoms with Crippen molar-refractivity contribution in [1.82, 2.24) is 4.57 Å². The molecule has 0 aliphatic rings. The van der Waals surface area contributed by atoms with Gasteiger partial charge in [0.25, 0.3) is 0 Å². The Morgan fingerprint density at radius 3 is 2.67 bits per heavy atom. The van der Waals surface area contributed by atoms with Gasteiger partial charge in [-0.1, -0.05) is 30.3 Å². The van der Waals surface area contributed by atoms with Crippen LogP contribution < -0.4 is 0 Å². The van der Waals surface area contributed by atoms with Crippen molar-refractivity contribution in [2.45, 2.75) is 0 Å². The van der Waals surface area contributed by atoms with Crippen molar-refractivity contribution >= 4 is 11.9 Å². The average Bonchev–Trinajstić information content (AvgIpc) is 2.78. The Morgan fingerprint density at radius 1 is 1.28 bits per heavy atom. The van der Waals surface area contributed by atoms with E-state index in [0.717, 1.165) is 5.69 Å². The molecule has 3 nitrogen and oxygen atoms in total. The lowest BCUT2D eigenvalue weighted by Gasteiger charge is -1.96. The van der Waals surface area contributed by atoms with Gasteiger partial charge in [0.15, 0.2) is 5.78 Å². The summed E-state index contributed by atoms with van der Waals surface area (Å²) < 4.78 is 1.82. The smallest absolute Gasteiger partial charge is 0.194 e. The fourth-order valence-corrected chi connectivity index (χ4v) is 1.75. The van der Waals surface area contributed by atoms with E-state index in [-0.39, 0.29) is 5.78 Å². The summed E-state index contributed by atoms with van der Waals surface area (Å²) in [5, 5.41) is 8.50. The van der Waals surface area contributed by atoms with Crippen LogP contribution in [0.25, 0.3) is 6.08 Å². The number of rotatable bonds is 3. The summed E-state index contributed by atoms with van der Waals surface area (Å²) in [6, 6.07) is 12.9. The van der Waals surface area contributed by atoms with Gasteiger partial charge in [0.05, 0.1) is 6.07 Å². The molecule has 1 aromatic heterocycles. The molecule has 2 rings (SSSR count). The number of benzene rings is 1. The Kier molecular flexibility index (Phi) is 3.40. The Bertz CT molecular complexity index is 630. The molecule has 0 spiro atoms. The van der Waals surface area contributed by atoms with E-state index in [0.29, 0.717) is 11.1 Å². The second kappa shape index (κ2) is 5.15. The van der Waals surface area contributed by atoms with E-state index >= 15 is 0 Å². The van der Waals surface area contributed by atoms with E-state index in [4.69, 9.17) is 5.26 Å². The molecule has 0 aliphatic heterocycles. The van der Waals surface area contributed by atoms with E-state index in [1.807, 2.05) is 35.9 Å². The zero-order valence-corrected chi connectivity index (χ0v) is 10.00. The lowest BCUT2D eigenvalue weighted by Crippen LogP contribution is -1.99. The number of nitriles is 1. The topological polar surface area (TPSA) is 45.8 Å². The van der Waals surface area contributed by atoms with Gasteiger partial charge in [0.1, 0.15) is 0 Å². The normalized spacial score (nSPS) is 10.4. The molecular weight excluding hydrogens is 224 g/mol.